The number of carbonyl (C=O) groups is 3. The second kappa shape index (κ2) is 8.02. The van der Waals surface area contributed by atoms with Crippen LogP contribution in [0.3, 0.4) is 0 Å². The fraction of sp³-hybridized carbons (Fsp3) is 0.471. The summed E-state index contributed by atoms with van der Waals surface area (Å²) in [4.78, 5) is 48.1. The van der Waals surface area contributed by atoms with Crippen LogP contribution in [-0.2, 0) is 9.53 Å². The molecule has 2 N–H and O–H groups in total. The van der Waals surface area contributed by atoms with Crippen LogP contribution in [0, 0.1) is 10.1 Å². The van der Waals surface area contributed by atoms with Gasteiger partial charge in [-0.25, -0.2) is 4.79 Å². The van der Waals surface area contributed by atoms with E-state index in [1.807, 2.05) is 0 Å². The number of nitro benzene ring substituents is 1. The standard InChI is InChI=1S/C17H22N4O6/c1-17(2,3)27-16(24)20-9-5-8-13(20)15(23)19-18-14(22)11-6-4-7-12(10-11)21(25)26/h4,6-7,10,13H,5,8-9H2,1-3H3,(H,18,22)(H,19,23)/t13-/m0/s1. The Morgan fingerprint density at radius 1 is 1.26 bits per heavy atom. The van der Waals surface area contributed by atoms with E-state index < -0.39 is 34.5 Å². The molecule has 0 aromatic heterocycles. The zero-order chi connectivity index (χ0) is 20.2. The van der Waals surface area contributed by atoms with Crippen molar-refractivity contribution in [2.24, 2.45) is 0 Å². The second-order valence-corrected chi connectivity index (χ2v) is 7.08. The monoisotopic (exact) mass is 378 g/mol. The Bertz CT molecular complexity index is 758. The van der Waals surface area contributed by atoms with E-state index in [1.165, 1.54) is 23.1 Å². The smallest absolute Gasteiger partial charge is 0.410 e. The molecule has 146 valence electrons. The van der Waals surface area contributed by atoms with Crippen molar-refractivity contribution in [3.63, 3.8) is 0 Å². The molecule has 1 aromatic carbocycles. The fourth-order valence-electron chi connectivity index (χ4n) is 2.61. The molecule has 1 fully saturated rings. The number of carbonyl (C=O) groups excluding carboxylic acids is 3. The van der Waals surface area contributed by atoms with Gasteiger partial charge in [0.15, 0.2) is 0 Å². The van der Waals surface area contributed by atoms with Crippen LogP contribution < -0.4 is 10.9 Å². The van der Waals surface area contributed by atoms with E-state index in [0.717, 1.165) is 6.07 Å². The summed E-state index contributed by atoms with van der Waals surface area (Å²) in [6.45, 7) is 5.58. The number of benzene rings is 1. The third-order valence-corrected chi connectivity index (χ3v) is 3.80. The fourth-order valence-corrected chi connectivity index (χ4v) is 2.61. The summed E-state index contributed by atoms with van der Waals surface area (Å²) in [5.41, 5.74) is 3.58. The molecule has 0 saturated carbocycles. The highest BCUT2D eigenvalue weighted by Crippen LogP contribution is 2.21. The van der Waals surface area contributed by atoms with Crippen molar-refractivity contribution in [3.8, 4) is 0 Å². The lowest BCUT2D eigenvalue weighted by Crippen LogP contribution is -2.52. The molecular formula is C17H22N4O6. The van der Waals surface area contributed by atoms with Crippen molar-refractivity contribution in [2.45, 2.75) is 45.3 Å². The van der Waals surface area contributed by atoms with E-state index in [-0.39, 0.29) is 11.3 Å². The number of ether oxygens (including phenoxy) is 1. The van der Waals surface area contributed by atoms with E-state index in [2.05, 4.69) is 10.9 Å². The maximum atomic E-state index is 12.4. The normalized spacial score (nSPS) is 16.6. The van der Waals surface area contributed by atoms with Crippen molar-refractivity contribution < 1.29 is 24.0 Å². The molecular weight excluding hydrogens is 356 g/mol. The SMILES string of the molecule is CC(C)(C)OC(=O)N1CCC[C@H]1C(=O)NNC(=O)c1cccc([N+](=O)[O-])c1. The topological polar surface area (TPSA) is 131 Å². The van der Waals surface area contributed by atoms with Crippen LogP contribution in [0.2, 0.25) is 0 Å². The van der Waals surface area contributed by atoms with Crippen molar-refractivity contribution in [2.75, 3.05) is 6.54 Å². The summed E-state index contributed by atoms with van der Waals surface area (Å²) in [6.07, 6.45) is 0.485. The zero-order valence-electron chi connectivity index (χ0n) is 15.4. The Morgan fingerprint density at radius 2 is 1.96 bits per heavy atom. The molecule has 1 aliphatic heterocycles. The molecule has 0 bridgehead atoms. The lowest BCUT2D eigenvalue weighted by molar-refractivity contribution is -0.384. The van der Waals surface area contributed by atoms with Crippen LogP contribution >= 0.6 is 0 Å². The Balaban J connectivity index is 1.96. The molecule has 27 heavy (non-hydrogen) atoms. The number of hydrazine groups is 1. The summed E-state index contributed by atoms with van der Waals surface area (Å²) < 4.78 is 5.29. The molecule has 0 radical (unpaired) electrons. The number of likely N-dealkylation sites (tertiary alicyclic amines) is 1. The van der Waals surface area contributed by atoms with Crippen molar-refractivity contribution in [1.29, 1.82) is 0 Å². The highest BCUT2D eigenvalue weighted by molar-refractivity contribution is 5.96. The second-order valence-electron chi connectivity index (χ2n) is 7.08. The highest BCUT2D eigenvalue weighted by atomic mass is 16.6. The van der Waals surface area contributed by atoms with E-state index in [4.69, 9.17) is 4.74 Å². The molecule has 0 unspecified atom stereocenters. The number of nitrogens with one attached hydrogen (secondary N) is 2. The minimum absolute atomic E-state index is 0.0277. The molecule has 0 aliphatic carbocycles. The average Bonchev–Trinajstić information content (AvgIpc) is 3.08. The molecule has 1 atom stereocenters. The van der Waals surface area contributed by atoms with Crippen molar-refractivity contribution in [3.05, 3.63) is 39.9 Å². The molecule has 1 heterocycles. The van der Waals surface area contributed by atoms with Crippen LogP contribution in [0.4, 0.5) is 10.5 Å². The van der Waals surface area contributed by atoms with Gasteiger partial charge >= 0.3 is 6.09 Å². The van der Waals surface area contributed by atoms with Gasteiger partial charge < -0.3 is 4.74 Å². The summed E-state index contributed by atoms with van der Waals surface area (Å²) >= 11 is 0. The summed E-state index contributed by atoms with van der Waals surface area (Å²) in [5.74, 6) is -1.26. The third kappa shape index (κ3) is 5.40. The van der Waals surface area contributed by atoms with Gasteiger partial charge in [0.1, 0.15) is 11.6 Å². The van der Waals surface area contributed by atoms with Gasteiger partial charge in [0.2, 0.25) is 0 Å². The number of hydrogen-bond acceptors (Lipinski definition) is 6. The molecule has 1 aromatic rings. The van der Waals surface area contributed by atoms with E-state index in [0.29, 0.717) is 19.4 Å². The lowest BCUT2D eigenvalue weighted by atomic mass is 10.2. The first-order chi connectivity index (χ1) is 12.6. The van der Waals surface area contributed by atoms with Crippen LogP contribution in [0.5, 0.6) is 0 Å². The number of amides is 3. The van der Waals surface area contributed by atoms with Crippen molar-refractivity contribution >= 4 is 23.6 Å². The molecule has 1 saturated heterocycles. The summed E-state index contributed by atoms with van der Waals surface area (Å²) in [7, 11) is 0. The highest BCUT2D eigenvalue weighted by Gasteiger charge is 2.36. The first kappa shape index (κ1) is 20.1. The van der Waals surface area contributed by atoms with Gasteiger partial charge in [-0.15, -0.1) is 0 Å². The number of non-ortho nitro benzene ring substituents is 1. The molecule has 10 heteroatoms. The Labute approximate surface area is 156 Å². The van der Waals surface area contributed by atoms with Gasteiger partial charge in [-0.2, -0.15) is 0 Å². The Morgan fingerprint density at radius 3 is 2.59 bits per heavy atom. The lowest BCUT2D eigenvalue weighted by Gasteiger charge is -2.28. The quantitative estimate of drug-likeness (QED) is 0.609. The minimum atomic E-state index is -0.759. The third-order valence-electron chi connectivity index (χ3n) is 3.80. The van der Waals surface area contributed by atoms with Crippen LogP contribution in [0.1, 0.15) is 44.0 Å². The van der Waals surface area contributed by atoms with Gasteiger partial charge in [-0.1, -0.05) is 6.07 Å². The number of hydrogen-bond donors (Lipinski definition) is 2. The van der Waals surface area contributed by atoms with Gasteiger partial charge in [0.05, 0.1) is 4.92 Å². The molecule has 1 aliphatic rings. The van der Waals surface area contributed by atoms with Gasteiger partial charge in [0, 0.05) is 24.2 Å². The van der Waals surface area contributed by atoms with E-state index in [1.54, 1.807) is 20.8 Å². The average molecular weight is 378 g/mol. The predicted octanol–water partition coefficient (Wildman–Crippen LogP) is 1.76. The van der Waals surface area contributed by atoms with Crippen LogP contribution in [0.25, 0.3) is 0 Å². The Hall–Kier alpha value is -3.17. The Kier molecular flexibility index (Phi) is 5.98. The first-order valence-corrected chi connectivity index (χ1v) is 8.43. The van der Waals surface area contributed by atoms with E-state index >= 15 is 0 Å². The first-order valence-electron chi connectivity index (χ1n) is 8.43. The van der Waals surface area contributed by atoms with Crippen molar-refractivity contribution in [1.82, 2.24) is 15.8 Å². The minimum Gasteiger partial charge on any atom is -0.444 e. The molecule has 0 spiro atoms. The van der Waals surface area contributed by atoms with Gasteiger partial charge in [-0.3, -0.25) is 35.5 Å². The van der Waals surface area contributed by atoms with Gasteiger partial charge in [0.25, 0.3) is 17.5 Å². The van der Waals surface area contributed by atoms with Crippen LogP contribution in [-0.4, -0.2) is 45.9 Å². The predicted molar refractivity (Wildman–Crippen MR) is 94.7 cm³/mol. The maximum absolute atomic E-state index is 12.4. The summed E-state index contributed by atoms with van der Waals surface area (Å²) in [5, 5.41) is 10.8. The number of nitrogens with zero attached hydrogens (tertiary/aromatic N) is 2. The maximum Gasteiger partial charge on any atom is 0.410 e. The van der Waals surface area contributed by atoms with Crippen LogP contribution in [0.15, 0.2) is 24.3 Å². The molecule has 2 rings (SSSR count). The zero-order valence-corrected chi connectivity index (χ0v) is 15.4. The van der Waals surface area contributed by atoms with Gasteiger partial charge in [-0.05, 0) is 39.7 Å². The molecule has 3 amide bonds. The number of nitro groups is 1. The van der Waals surface area contributed by atoms with E-state index in [9.17, 15) is 24.5 Å². The summed E-state index contributed by atoms with van der Waals surface area (Å²) in [6, 6.07) is 4.36. The molecule has 10 nitrogen and oxygen atoms in total. The number of rotatable bonds is 3. The largest absolute Gasteiger partial charge is 0.444 e.